The van der Waals surface area contributed by atoms with Crippen molar-refractivity contribution in [1.82, 2.24) is 4.90 Å². The topological polar surface area (TPSA) is 75.7 Å². The second kappa shape index (κ2) is 8.92. The largest absolute Gasteiger partial charge is 0.462 e. The number of ether oxygens (including phenoxy) is 1. The van der Waals surface area contributed by atoms with Gasteiger partial charge in [-0.15, -0.1) is 0 Å². The monoisotopic (exact) mass is 320 g/mol. The van der Waals surface area contributed by atoms with Crippen LogP contribution in [0.25, 0.3) is 0 Å². The Morgan fingerprint density at radius 2 is 1.78 bits per heavy atom. The van der Waals surface area contributed by atoms with Gasteiger partial charge in [0.15, 0.2) is 0 Å². The van der Waals surface area contributed by atoms with Crippen molar-refractivity contribution in [3.63, 3.8) is 0 Å². The molecule has 0 saturated heterocycles. The molecule has 0 atom stereocenters. The number of carbonyl (C=O) groups is 3. The quantitative estimate of drug-likeness (QED) is 0.782. The summed E-state index contributed by atoms with van der Waals surface area (Å²) in [5.41, 5.74) is 0.992. The minimum absolute atomic E-state index is 0.00708. The summed E-state index contributed by atoms with van der Waals surface area (Å²) in [6, 6.07) is 6.43. The average molecular weight is 320 g/mol. The normalized spacial score (nSPS) is 10.3. The molecular formula is C17H24N2O4. The molecule has 0 spiro atoms. The van der Waals surface area contributed by atoms with Gasteiger partial charge < -0.3 is 15.0 Å². The smallest absolute Gasteiger partial charge is 0.338 e. The molecule has 1 N–H and O–H groups in total. The first-order valence-corrected chi connectivity index (χ1v) is 7.66. The fraction of sp³-hybridized carbons (Fsp3) is 0.471. The number of anilines is 1. The first-order valence-electron chi connectivity index (χ1n) is 7.66. The molecular weight excluding hydrogens is 296 g/mol. The molecule has 126 valence electrons. The van der Waals surface area contributed by atoms with Crippen LogP contribution in [0.2, 0.25) is 0 Å². The van der Waals surface area contributed by atoms with Crippen molar-refractivity contribution < 1.29 is 19.1 Å². The second-order valence-corrected chi connectivity index (χ2v) is 5.64. The lowest BCUT2D eigenvalue weighted by atomic mass is 10.2. The zero-order chi connectivity index (χ0) is 17.4. The molecule has 0 saturated carbocycles. The number of amides is 2. The number of nitrogens with zero attached hydrogens (tertiary/aromatic N) is 1. The van der Waals surface area contributed by atoms with E-state index in [4.69, 9.17) is 4.74 Å². The highest BCUT2D eigenvalue weighted by atomic mass is 16.5. The highest BCUT2D eigenvalue weighted by molar-refractivity contribution is 5.95. The van der Waals surface area contributed by atoms with Gasteiger partial charge in [-0.3, -0.25) is 9.59 Å². The van der Waals surface area contributed by atoms with Crippen molar-refractivity contribution in [1.29, 1.82) is 0 Å². The van der Waals surface area contributed by atoms with E-state index in [1.165, 1.54) is 11.8 Å². The molecule has 0 aliphatic heterocycles. The van der Waals surface area contributed by atoms with Gasteiger partial charge in [0, 0.05) is 19.2 Å². The van der Waals surface area contributed by atoms with Crippen molar-refractivity contribution in [3.8, 4) is 0 Å². The maximum Gasteiger partial charge on any atom is 0.338 e. The van der Waals surface area contributed by atoms with Crippen LogP contribution < -0.4 is 5.32 Å². The first-order chi connectivity index (χ1) is 10.8. The van der Waals surface area contributed by atoms with E-state index in [9.17, 15) is 14.4 Å². The number of esters is 1. The van der Waals surface area contributed by atoms with E-state index in [0.29, 0.717) is 24.4 Å². The molecule has 0 aliphatic carbocycles. The molecule has 6 nitrogen and oxygen atoms in total. The highest BCUT2D eigenvalue weighted by Gasteiger charge is 2.15. The van der Waals surface area contributed by atoms with Gasteiger partial charge in [0.05, 0.1) is 18.7 Å². The Labute approximate surface area is 136 Å². The van der Waals surface area contributed by atoms with E-state index in [-0.39, 0.29) is 24.3 Å². The summed E-state index contributed by atoms with van der Waals surface area (Å²) in [5, 5.41) is 2.71. The number of nitrogens with one attached hydrogen (secondary N) is 1. The van der Waals surface area contributed by atoms with Gasteiger partial charge in [-0.2, -0.15) is 0 Å². The number of benzene rings is 1. The van der Waals surface area contributed by atoms with Gasteiger partial charge in [0.2, 0.25) is 11.8 Å². The molecule has 0 aromatic heterocycles. The Morgan fingerprint density at radius 1 is 1.17 bits per heavy atom. The van der Waals surface area contributed by atoms with E-state index in [0.717, 1.165) is 0 Å². The van der Waals surface area contributed by atoms with Crippen molar-refractivity contribution in [2.45, 2.75) is 27.7 Å². The van der Waals surface area contributed by atoms with Crippen LogP contribution in [-0.4, -0.2) is 42.4 Å². The molecule has 0 fully saturated rings. The number of carbonyl (C=O) groups excluding carboxylic acids is 3. The van der Waals surface area contributed by atoms with Crippen LogP contribution in [-0.2, 0) is 14.3 Å². The summed E-state index contributed by atoms with van der Waals surface area (Å²) in [6.07, 6.45) is 0. The third-order valence-corrected chi connectivity index (χ3v) is 3.05. The molecule has 2 amide bonds. The highest BCUT2D eigenvalue weighted by Crippen LogP contribution is 2.11. The lowest BCUT2D eigenvalue weighted by molar-refractivity contribution is -0.133. The maximum atomic E-state index is 12.0. The van der Waals surface area contributed by atoms with E-state index in [1.807, 2.05) is 13.8 Å². The Bertz CT molecular complexity index is 552. The third-order valence-electron chi connectivity index (χ3n) is 3.05. The molecule has 0 radical (unpaired) electrons. The van der Waals surface area contributed by atoms with Crippen LogP contribution in [0, 0.1) is 5.92 Å². The number of hydrogen-bond acceptors (Lipinski definition) is 4. The van der Waals surface area contributed by atoms with Crippen LogP contribution in [0.5, 0.6) is 0 Å². The van der Waals surface area contributed by atoms with Crippen molar-refractivity contribution >= 4 is 23.5 Å². The Hall–Kier alpha value is -2.37. The standard InChI is InChI=1S/C17H24N2O4/c1-5-23-17(22)14-6-8-15(9-7-14)18-16(21)11-19(13(4)20)10-12(2)3/h6-9,12H,5,10-11H2,1-4H3,(H,18,21). The lowest BCUT2D eigenvalue weighted by Gasteiger charge is -2.22. The maximum absolute atomic E-state index is 12.0. The number of rotatable bonds is 7. The summed E-state index contributed by atoms with van der Waals surface area (Å²) in [6.45, 7) is 8.02. The van der Waals surface area contributed by atoms with Crippen LogP contribution in [0.3, 0.4) is 0 Å². The summed E-state index contributed by atoms with van der Waals surface area (Å²) in [5.74, 6) is -0.517. The Kier molecular flexibility index (Phi) is 7.25. The lowest BCUT2D eigenvalue weighted by Crippen LogP contribution is -2.38. The molecule has 0 aliphatic rings. The SMILES string of the molecule is CCOC(=O)c1ccc(NC(=O)CN(CC(C)C)C(C)=O)cc1. The van der Waals surface area contributed by atoms with Gasteiger partial charge in [0.25, 0.3) is 0 Å². The second-order valence-electron chi connectivity index (χ2n) is 5.64. The van der Waals surface area contributed by atoms with Gasteiger partial charge in [-0.1, -0.05) is 13.8 Å². The van der Waals surface area contributed by atoms with E-state index in [1.54, 1.807) is 31.2 Å². The van der Waals surface area contributed by atoms with Crippen molar-refractivity contribution in [2.75, 3.05) is 25.0 Å². The fourth-order valence-corrected chi connectivity index (χ4v) is 2.02. The van der Waals surface area contributed by atoms with E-state index in [2.05, 4.69) is 5.32 Å². The molecule has 0 unspecified atom stereocenters. The predicted octanol–water partition coefficient (Wildman–Crippen LogP) is 2.31. The molecule has 1 aromatic carbocycles. The van der Waals surface area contributed by atoms with E-state index >= 15 is 0 Å². The van der Waals surface area contributed by atoms with Crippen molar-refractivity contribution in [2.24, 2.45) is 5.92 Å². The van der Waals surface area contributed by atoms with Crippen LogP contribution in [0.4, 0.5) is 5.69 Å². The minimum atomic E-state index is -0.398. The molecule has 0 bridgehead atoms. The average Bonchev–Trinajstić information content (AvgIpc) is 2.47. The number of hydrogen-bond donors (Lipinski definition) is 1. The summed E-state index contributed by atoms with van der Waals surface area (Å²) in [4.78, 5) is 36.6. The Morgan fingerprint density at radius 3 is 2.26 bits per heavy atom. The molecule has 1 aromatic rings. The summed E-state index contributed by atoms with van der Waals surface area (Å²) >= 11 is 0. The predicted molar refractivity (Wildman–Crippen MR) is 88.1 cm³/mol. The third kappa shape index (κ3) is 6.50. The van der Waals surface area contributed by atoms with Gasteiger partial charge in [0.1, 0.15) is 0 Å². The fourth-order valence-electron chi connectivity index (χ4n) is 2.02. The summed E-state index contributed by atoms with van der Waals surface area (Å²) < 4.78 is 4.89. The van der Waals surface area contributed by atoms with Crippen molar-refractivity contribution in [3.05, 3.63) is 29.8 Å². The zero-order valence-electron chi connectivity index (χ0n) is 14.1. The van der Waals surface area contributed by atoms with Crippen LogP contribution in [0.1, 0.15) is 38.1 Å². The van der Waals surface area contributed by atoms with Gasteiger partial charge in [-0.25, -0.2) is 4.79 Å². The minimum Gasteiger partial charge on any atom is -0.462 e. The molecule has 1 rings (SSSR count). The van der Waals surface area contributed by atoms with Crippen LogP contribution in [0.15, 0.2) is 24.3 Å². The summed E-state index contributed by atoms with van der Waals surface area (Å²) in [7, 11) is 0. The molecule has 23 heavy (non-hydrogen) atoms. The van der Waals surface area contributed by atoms with E-state index < -0.39 is 5.97 Å². The van der Waals surface area contributed by atoms with Gasteiger partial charge >= 0.3 is 5.97 Å². The Balaban J connectivity index is 2.63. The zero-order valence-corrected chi connectivity index (χ0v) is 14.1. The molecule has 0 heterocycles. The van der Waals surface area contributed by atoms with Crippen LogP contribution >= 0.6 is 0 Å². The first kappa shape index (κ1) is 18.7. The molecule has 6 heteroatoms. The van der Waals surface area contributed by atoms with Gasteiger partial charge in [-0.05, 0) is 37.1 Å².